The molecule has 1 aromatic rings. The fourth-order valence-electron chi connectivity index (χ4n) is 10.7. The lowest BCUT2D eigenvalue weighted by molar-refractivity contribution is 0.515. The van der Waals surface area contributed by atoms with E-state index >= 15 is 0 Å². The third kappa shape index (κ3) is 48.0. The summed E-state index contributed by atoms with van der Waals surface area (Å²) >= 11 is 0. The molecule has 0 aliphatic rings. The Bertz CT molecular complexity index is 938. The van der Waals surface area contributed by atoms with Crippen LogP contribution >= 0.6 is 0 Å². The summed E-state index contributed by atoms with van der Waals surface area (Å²) in [5, 5.41) is 0. The topological polar surface area (TPSA) is 12.9 Å². The van der Waals surface area contributed by atoms with Gasteiger partial charge in [0.05, 0.1) is 0 Å². The zero-order chi connectivity index (χ0) is 46.5. The van der Waals surface area contributed by atoms with Gasteiger partial charge in [0.15, 0.2) is 0 Å². The third-order valence-corrected chi connectivity index (χ3v) is 15.1. The van der Waals surface area contributed by atoms with E-state index in [1.54, 1.807) is 0 Å². The Morgan fingerprint density at radius 3 is 0.538 bits per heavy atom. The molecule has 65 heavy (non-hydrogen) atoms. The molecule has 0 atom stereocenters. The molecule has 0 spiro atoms. The van der Waals surface area contributed by atoms with Crippen LogP contribution in [-0.2, 0) is 19.3 Å². The van der Waals surface area contributed by atoms with Crippen LogP contribution < -0.4 is 0 Å². The van der Waals surface area contributed by atoms with Gasteiger partial charge >= 0.3 is 0 Å². The number of rotatable bonds is 56. The van der Waals surface area contributed by atoms with Crippen LogP contribution in [0.2, 0.25) is 0 Å². The van der Waals surface area contributed by atoms with Crippen molar-refractivity contribution in [3.05, 3.63) is 29.1 Å². The van der Waals surface area contributed by atoms with Gasteiger partial charge < -0.3 is 0 Å². The summed E-state index contributed by atoms with van der Waals surface area (Å²) in [5.74, 6) is 0. The second kappa shape index (κ2) is 54.1. The lowest BCUT2D eigenvalue weighted by Crippen LogP contribution is -2.00. The minimum Gasteiger partial charge on any atom is -0.258 e. The molecule has 1 aromatic heterocycles. The number of aromatic nitrogens is 1. The maximum Gasteiger partial charge on any atom is 0.0409 e. The number of hydrogen-bond acceptors (Lipinski definition) is 1. The summed E-state index contributed by atoms with van der Waals surface area (Å²) in [4.78, 5) is 5.18. The molecule has 1 heteroatoms. The molecule has 0 radical (unpaired) electrons. The maximum absolute atomic E-state index is 5.18. The molecule has 0 aromatic carbocycles. The van der Waals surface area contributed by atoms with Gasteiger partial charge in [0.1, 0.15) is 0 Å². The molecule has 0 amide bonds. The van der Waals surface area contributed by atoms with Gasteiger partial charge in [0.25, 0.3) is 0 Å². The van der Waals surface area contributed by atoms with Gasteiger partial charge in [-0.05, 0) is 49.8 Å². The van der Waals surface area contributed by atoms with E-state index < -0.39 is 0 Å². The van der Waals surface area contributed by atoms with E-state index in [-0.39, 0.29) is 0 Å². The van der Waals surface area contributed by atoms with Crippen LogP contribution in [0.5, 0.6) is 0 Å². The molecule has 1 heterocycles. The van der Waals surface area contributed by atoms with Crippen molar-refractivity contribution >= 4 is 0 Å². The molecule has 0 aliphatic heterocycles. The van der Waals surface area contributed by atoms with Crippen molar-refractivity contribution < 1.29 is 0 Å². The number of pyridine rings is 1. The molecular weight excluding hydrogens is 783 g/mol. The third-order valence-electron chi connectivity index (χ3n) is 15.1. The van der Waals surface area contributed by atoms with Gasteiger partial charge in [-0.1, -0.05) is 348 Å². The highest BCUT2D eigenvalue weighted by molar-refractivity contribution is 5.22. The number of nitrogens with zero attached hydrogens (tertiary/aromatic N) is 1. The van der Waals surface area contributed by atoms with E-state index in [0.717, 1.165) is 0 Å². The molecule has 0 fully saturated rings. The Balaban J connectivity index is 1.87. The predicted molar refractivity (Wildman–Crippen MR) is 297 cm³/mol. The Kier molecular flexibility index (Phi) is 51.7. The highest BCUT2D eigenvalue weighted by Crippen LogP contribution is 2.20. The van der Waals surface area contributed by atoms with E-state index in [1.165, 1.54) is 377 Å². The summed E-state index contributed by atoms with van der Waals surface area (Å²) < 4.78 is 0. The van der Waals surface area contributed by atoms with E-state index in [2.05, 4.69) is 32.9 Å². The van der Waals surface area contributed by atoms with Crippen molar-refractivity contribution in [1.29, 1.82) is 0 Å². The second-order valence-electron chi connectivity index (χ2n) is 21.9. The minimum absolute atomic E-state index is 1.18. The molecule has 1 rings (SSSR count). The highest BCUT2D eigenvalue weighted by Gasteiger charge is 2.05. The average molecular weight is 907 g/mol. The predicted octanol–water partition coefficient (Wildman–Crippen LogP) is 23.4. The molecule has 0 saturated heterocycles. The molecule has 0 N–H and O–H groups in total. The Morgan fingerprint density at radius 2 is 0.369 bits per heavy atom. The maximum atomic E-state index is 5.18. The van der Waals surface area contributed by atoms with E-state index in [1.807, 2.05) is 0 Å². The summed E-state index contributed by atoms with van der Waals surface area (Å²) in [6, 6.07) is 4.88. The van der Waals surface area contributed by atoms with Gasteiger partial charge in [-0.3, -0.25) is 4.98 Å². The van der Waals surface area contributed by atoms with Gasteiger partial charge in [0, 0.05) is 11.4 Å². The summed E-state index contributed by atoms with van der Waals surface area (Å²) in [5.41, 5.74) is 4.30. The van der Waals surface area contributed by atoms with Crippen LogP contribution in [0.15, 0.2) is 12.1 Å². The molecular formula is C64H123N. The van der Waals surface area contributed by atoms with Crippen molar-refractivity contribution in [1.82, 2.24) is 4.98 Å². The molecule has 0 unspecified atom stereocenters. The van der Waals surface area contributed by atoms with Crippen molar-refractivity contribution in [2.24, 2.45) is 0 Å². The van der Waals surface area contributed by atoms with Gasteiger partial charge in [-0.2, -0.15) is 0 Å². The van der Waals surface area contributed by atoms with Crippen LogP contribution in [0.25, 0.3) is 0 Å². The van der Waals surface area contributed by atoms with E-state index in [4.69, 9.17) is 4.98 Å². The second-order valence-corrected chi connectivity index (χ2v) is 21.9. The Morgan fingerprint density at radius 1 is 0.200 bits per heavy atom. The number of hydrogen-bond donors (Lipinski definition) is 0. The van der Waals surface area contributed by atoms with Gasteiger partial charge in [0.2, 0.25) is 0 Å². The first-order chi connectivity index (χ1) is 32.3. The fourth-order valence-corrected chi connectivity index (χ4v) is 10.7. The molecule has 0 bridgehead atoms. The smallest absolute Gasteiger partial charge is 0.0409 e. The molecule has 0 aliphatic carbocycles. The van der Waals surface area contributed by atoms with Crippen LogP contribution in [0.1, 0.15) is 378 Å². The molecule has 1 nitrogen and oxygen atoms in total. The zero-order valence-corrected chi connectivity index (χ0v) is 45.7. The molecule has 384 valence electrons. The van der Waals surface area contributed by atoms with Crippen LogP contribution in [0.4, 0.5) is 0 Å². The quantitative estimate of drug-likeness (QED) is 0.0594. The summed E-state index contributed by atoms with van der Waals surface area (Å²) in [7, 11) is 0. The van der Waals surface area contributed by atoms with Crippen molar-refractivity contribution in [3.63, 3.8) is 0 Å². The normalized spacial score (nSPS) is 11.7. The average Bonchev–Trinajstić information content (AvgIpc) is 3.31. The van der Waals surface area contributed by atoms with Crippen LogP contribution in [0, 0.1) is 0 Å². The molecule has 0 saturated carbocycles. The van der Waals surface area contributed by atoms with Gasteiger partial charge in [-0.15, -0.1) is 0 Å². The first kappa shape index (κ1) is 62.2. The largest absolute Gasteiger partial charge is 0.258 e. The zero-order valence-electron chi connectivity index (χ0n) is 45.7. The van der Waals surface area contributed by atoms with Crippen LogP contribution in [-0.4, -0.2) is 4.98 Å². The SMILES string of the molecule is CCCCCCCCCCCCCCCCCCCCCCCCCCCCc1cc(CCC)cc(CCCCCCCCCCCCCCCCCCCCCCCCCCCC)n1. The summed E-state index contributed by atoms with van der Waals surface area (Å²) in [6.07, 6.45) is 80.7. The van der Waals surface area contributed by atoms with E-state index in [0.29, 0.717) is 0 Å². The summed E-state index contributed by atoms with van der Waals surface area (Å²) in [6.45, 7) is 6.95. The lowest BCUT2D eigenvalue weighted by Gasteiger charge is -2.09. The van der Waals surface area contributed by atoms with Crippen molar-refractivity contribution in [2.75, 3.05) is 0 Å². The Hall–Kier alpha value is -0.850. The standard InChI is InChI=1S/C64H123N/c1-4-7-9-11-13-15-17-19-21-23-25-27-29-31-33-35-37-39-41-43-45-47-49-51-53-55-58-63-60-62(57-6-3)61-64(65-63)59-56-54-52-50-48-46-44-42-40-38-36-34-32-30-28-26-24-22-20-18-16-14-12-10-8-5-2/h60-61H,4-59H2,1-3H3. The highest BCUT2D eigenvalue weighted by atomic mass is 14.7. The monoisotopic (exact) mass is 906 g/mol. The minimum atomic E-state index is 1.18. The first-order valence-electron chi connectivity index (χ1n) is 31.3. The van der Waals surface area contributed by atoms with Crippen LogP contribution in [0.3, 0.4) is 0 Å². The van der Waals surface area contributed by atoms with Gasteiger partial charge in [-0.25, -0.2) is 0 Å². The number of aryl methyl sites for hydroxylation is 3. The lowest BCUT2D eigenvalue weighted by atomic mass is 10.0. The van der Waals surface area contributed by atoms with E-state index in [9.17, 15) is 0 Å². The van der Waals surface area contributed by atoms with Crippen molar-refractivity contribution in [2.45, 2.75) is 380 Å². The number of unbranched alkanes of at least 4 members (excludes halogenated alkanes) is 50. The van der Waals surface area contributed by atoms with Crippen molar-refractivity contribution in [3.8, 4) is 0 Å². The first-order valence-corrected chi connectivity index (χ1v) is 31.3. The fraction of sp³-hybridized carbons (Fsp3) is 0.922. The Labute approximate surface area is 412 Å².